The van der Waals surface area contributed by atoms with Gasteiger partial charge in [-0.25, -0.2) is 0 Å². The van der Waals surface area contributed by atoms with Gasteiger partial charge >= 0.3 is 0 Å². The molecule has 0 aliphatic carbocycles. The molecule has 0 heterocycles. The van der Waals surface area contributed by atoms with E-state index in [4.69, 9.17) is 28.5 Å². The second-order valence-electron chi connectivity index (χ2n) is 5.29. The van der Waals surface area contributed by atoms with Crippen LogP contribution < -0.4 is 10.2 Å². The average Bonchev–Trinajstić information content (AvgIpc) is 2.54. The standard InChI is InChI=1S/C18H15Cl2N3O2/c1-12(24)23(17-9-14(19)8-15(20)10-17)7-6-18(25)22-16-4-2-13(11-21)3-5-16/h2-5,8-10H,6-7H2,1H3,(H,22,25). The van der Waals surface area contributed by atoms with E-state index in [1.54, 1.807) is 42.5 Å². The summed E-state index contributed by atoms with van der Waals surface area (Å²) in [6.07, 6.45) is 0.101. The van der Waals surface area contributed by atoms with Gasteiger partial charge in [-0.3, -0.25) is 9.59 Å². The average molecular weight is 376 g/mol. The molecule has 1 N–H and O–H groups in total. The minimum atomic E-state index is -0.246. The maximum absolute atomic E-state index is 12.1. The highest BCUT2D eigenvalue weighted by Gasteiger charge is 2.15. The number of amides is 2. The number of nitrogens with one attached hydrogen (secondary N) is 1. The largest absolute Gasteiger partial charge is 0.326 e. The van der Waals surface area contributed by atoms with E-state index < -0.39 is 0 Å². The van der Waals surface area contributed by atoms with Gasteiger partial charge < -0.3 is 10.2 Å². The molecule has 7 heteroatoms. The van der Waals surface area contributed by atoms with Gasteiger partial charge in [0.25, 0.3) is 0 Å². The van der Waals surface area contributed by atoms with E-state index in [9.17, 15) is 9.59 Å². The van der Waals surface area contributed by atoms with Crippen LogP contribution in [-0.4, -0.2) is 18.4 Å². The van der Waals surface area contributed by atoms with Crippen molar-refractivity contribution in [2.24, 2.45) is 0 Å². The van der Waals surface area contributed by atoms with Gasteiger partial charge in [0.2, 0.25) is 11.8 Å². The van der Waals surface area contributed by atoms with Crippen molar-refractivity contribution in [2.75, 3.05) is 16.8 Å². The first-order chi connectivity index (χ1) is 11.9. The number of carbonyl (C=O) groups excluding carboxylic acids is 2. The normalized spacial score (nSPS) is 10.0. The van der Waals surface area contributed by atoms with Crippen molar-refractivity contribution >= 4 is 46.4 Å². The lowest BCUT2D eigenvalue weighted by molar-refractivity contribution is -0.117. The summed E-state index contributed by atoms with van der Waals surface area (Å²) in [5.74, 6) is -0.464. The van der Waals surface area contributed by atoms with Crippen LogP contribution in [0.15, 0.2) is 42.5 Å². The molecule has 25 heavy (non-hydrogen) atoms. The van der Waals surface area contributed by atoms with Crippen LogP contribution in [0.4, 0.5) is 11.4 Å². The Balaban J connectivity index is 2.01. The van der Waals surface area contributed by atoms with Crippen molar-refractivity contribution < 1.29 is 9.59 Å². The Morgan fingerprint density at radius 3 is 2.24 bits per heavy atom. The highest BCUT2D eigenvalue weighted by Crippen LogP contribution is 2.25. The zero-order valence-corrected chi connectivity index (χ0v) is 14.9. The monoisotopic (exact) mass is 375 g/mol. The van der Waals surface area contributed by atoms with Gasteiger partial charge in [0, 0.05) is 41.3 Å². The van der Waals surface area contributed by atoms with Gasteiger partial charge in [-0.15, -0.1) is 0 Å². The van der Waals surface area contributed by atoms with Crippen LogP contribution in [0.2, 0.25) is 10.0 Å². The molecule has 0 bridgehead atoms. The Labute approximate surface area is 155 Å². The molecule has 0 saturated carbocycles. The van der Waals surface area contributed by atoms with Crippen molar-refractivity contribution in [3.63, 3.8) is 0 Å². The number of nitriles is 1. The molecule has 0 unspecified atom stereocenters. The Morgan fingerprint density at radius 2 is 1.72 bits per heavy atom. The van der Waals surface area contributed by atoms with Crippen LogP contribution in [-0.2, 0) is 9.59 Å². The predicted molar refractivity (Wildman–Crippen MR) is 98.9 cm³/mol. The number of nitrogens with zero attached hydrogens (tertiary/aromatic N) is 2. The first kappa shape index (κ1) is 18.8. The van der Waals surface area contributed by atoms with E-state index in [2.05, 4.69) is 5.32 Å². The zero-order chi connectivity index (χ0) is 18.4. The molecule has 2 aromatic rings. The van der Waals surface area contributed by atoms with Crippen LogP contribution in [0.1, 0.15) is 18.9 Å². The van der Waals surface area contributed by atoms with E-state index >= 15 is 0 Å². The summed E-state index contributed by atoms with van der Waals surface area (Å²) in [4.78, 5) is 25.4. The summed E-state index contributed by atoms with van der Waals surface area (Å²) >= 11 is 11.9. The number of rotatable bonds is 5. The summed E-state index contributed by atoms with van der Waals surface area (Å²) < 4.78 is 0. The van der Waals surface area contributed by atoms with Gasteiger partial charge in [0.05, 0.1) is 11.6 Å². The fourth-order valence-electron chi connectivity index (χ4n) is 2.23. The molecule has 0 aliphatic heterocycles. The third-order valence-corrected chi connectivity index (χ3v) is 3.84. The second-order valence-corrected chi connectivity index (χ2v) is 6.16. The molecule has 2 amide bonds. The van der Waals surface area contributed by atoms with Crippen LogP contribution >= 0.6 is 23.2 Å². The Bertz CT molecular complexity index is 809. The molecule has 5 nitrogen and oxygen atoms in total. The molecule has 0 aliphatic rings. The van der Waals surface area contributed by atoms with Crippen molar-refractivity contribution in [1.29, 1.82) is 5.26 Å². The summed E-state index contributed by atoms with van der Waals surface area (Å²) in [6.45, 7) is 1.60. The molecule has 0 spiro atoms. The highest BCUT2D eigenvalue weighted by molar-refractivity contribution is 6.35. The molecule has 0 saturated heterocycles. The van der Waals surface area contributed by atoms with Gasteiger partial charge in [-0.05, 0) is 42.5 Å². The minimum Gasteiger partial charge on any atom is -0.326 e. The lowest BCUT2D eigenvalue weighted by Gasteiger charge is -2.21. The first-order valence-corrected chi connectivity index (χ1v) is 8.19. The first-order valence-electron chi connectivity index (χ1n) is 7.43. The number of hydrogen-bond donors (Lipinski definition) is 1. The van der Waals surface area contributed by atoms with E-state index in [0.29, 0.717) is 27.0 Å². The maximum atomic E-state index is 12.1. The second kappa shape index (κ2) is 8.52. The Kier molecular flexibility index (Phi) is 6.40. The smallest absolute Gasteiger partial charge is 0.226 e. The molecule has 0 atom stereocenters. The van der Waals surface area contributed by atoms with Crippen molar-refractivity contribution in [2.45, 2.75) is 13.3 Å². The van der Waals surface area contributed by atoms with Crippen molar-refractivity contribution in [1.82, 2.24) is 0 Å². The summed E-state index contributed by atoms with van der Waals surface area (Å²) in [6, 6.07) is 13.3. The molecule has 128 valence electrons. The third kappa shape index (κ3) is 5.49. The van der Waals surface area contributed by atoms with Crippen molar-refractivity contribution in [3.05, 3.63) is 58.1 Å². The molecular weight excluding hydrogens is 361 g/mol. The van der Waals surface area contributed by atoms with Crippen LogP contribution in [0.5, 0.6) is 0 Å². The molecule has 2 rings (SSSR count). The number of hydrogen-bond acceptors (Lipinski definition) is 3. The molecule has 2 aromatic carbocycles. The molecular formula is C18H15Cl2N3O2. The molecule has 0 fully saturated rings. The van der Waals surface area contributed by atoms with E-state index in [0.717, 1.165) is 0 Å². The third-order valence-electron chi connectivity index (χ3n) is 3.40. The Morgan fingerprint density at radius 1 is 1.12 bits per heavy atom. The fraction of sp³-hybridized carbons (Fsp3) is 0.167. The summed E-state index contributed by atoms with van der Waals surface area (Å²) in [7, 11) is 0. The fourth-order valence-corrected chi connectivity index (χ4v) is 2.74. The predicted octanol–water partition coefficient (Wildman–Crippen LogP) is 4.25. The summed E-state index contributed by atoms with van der Waals surface area (Å²) in [5.41, 5.74) is 1.64. The molecule has 0 aromatic heterocycles. The molecule has 0 radical (unpaired) electrons. The van der Waals surface area contributed by atoms with Crippen LogP contribution in [0.25, 0.3) is 0 Å². The van der Waals surface area contributed by atoms with Gasteiger partial charge in [0.15, 0.2) is 0 Å². The Hall–Kier alpha value is -2.55. The summed E-state index contributed by atoms with van der Waals surface area (Å²) in [5, 5.41) is 12.3. The van der Waals surface area contributed by atoms with Crippen LogP contribution in [0, 0.1) is 11.3 Å². The minimum absolute atomic E-state index is 0.101. The zero-order valence-electron chi connectivity index (χ0n) is 13.4. The lowest BCUT2D eigenvalue weighted by atomic mass is 10.2. The number of anilines is 2. The highest BCUT2D eigenvalue weighted by atomic mass is 35.5. The number of benzene rings is 2. The van der Waals surface area contributed by atoms with Gasteiger partial charge in [-0.2, -0.15) is 5.26 Å². The SMILES string of the molecule is CC(=O)N(CCC(=O)Nc1ccc(C#N)cc1)c1cc(Cl)cc(Cl)c1. The van der Waals surface area contributed by atoms with E-state index in [-0.39, 0.29) is 24.8 Å². The topological polar surface area (TPSA) is 73.2 Å². The maximum Gasteiger partial charge on any atom is 0.226 e. The van der Waals surface area contributed by atoms with Crippen molar-refractivity contribution in [3.8, 4) is 6.07 Å². The lowest BCUT2D eigenvalue weighted by Crippen LogP contribution is -2.32. The van der Waals surface area contributed by atoms with Crippen LogP contribution in [0.3, 0.4) is 0 Å². The van der Waals surface area contributed by atoms with Gasteiger partial charge in [-0.1, -0.05) is 23.2 Å². The number of carbonyl (C=O) groups is 2. The van der Waals surface area contributed by atoms with E-state index in [1.165, 1.54) is 11.8 Å². The number of halogens is 2. The van der Waals surface area contributed by atoms with Gasteiger partial charge in [0.1, 0.15) is 0 Å². The van der Waals surface area contributed by atoms with E-state index in [1.807, 2.05) is 6.07 Å². The quantitative estimate of drug-likeness (QED) is 0.848.